The molecule has 15 heteroatoms. The van der Waals surface area contributed by atoms with Crippen LogP contribution in [0.1, 0.15) is 43.2 Å². The minimum absolute atomic E-state index is 0.134. The topological polar surface area (TPSA) is 85.8 Å². The van der Waals surface area contributed by atoms with Crippen molar-refractivity contribution in [3.05, 3.63) is 78.0 Å². The molecule has 1 aromatic heterocycles. The van der Waals surface area contributed by atoms with Gasteiger partial charge in [-0.05, 0) is 84.7 Å². The highest BCUT2D eigenvalue weighted by Crippen LogP contribution is 2.47. The van der Waals surface area contributed by atoms with Gasteiger partial charge in [-0.3, -0.25) is 14.7 Å². The number of alkyl halides is 8. The molecule has 2 fully saturated rings. The molecule has 3 aromatic carbocycles. The summed E-state index contributed by atoms with van der Waals surface area (Å²) >= 11 is 0. The van der Waals surface area contributed by atoms with Crippen molar-refractivity contribution in [2.45, 2.75) is 69.3 Å². The number of halogens is 8. The van der Waals surface area contributed by atoms with E-state index in [1.165, 1.54) is 0 Å². The van der Waals surface area contributed by atoms with Crippen LogP contribution in [0.15, 0.2) is 66.9 Å². The molecule has 2 N–H and O–H groups in total. The van der Waals surface area contributed by atoms with Crippen molar-refractivity contribution >= 4 is 33.4 Å². The predicted octanol–water partition coefficient (Wildman–Crippen LogP) is 8.04. The van der Waals surface area contributed by atoms with E-state index in [1.54, 1.807) is 30.5 Å². The van der Waals surface area contributed by atoms with E-state index >= 15 is 0 Å². The summed E-state index contributed by atoms with van der Waals surface area (Å²) in [5.74, 6) is -5.74. The normalized spacial score (nSPS) is 18.8. The van der Waals surface area contributed by atoms with Crippen molar-refractivity contribution in [2.24, 2.45) is 5.41 Å². The summed E-state index contributed by atoms with van der Waals surface area (Å²) in [6.07, 6.45) is -9.09. The Morgan fingerprint density at radius 2 is 1.50 bits per heavy atom. The van der Waals surface area contributed by atoms with Gasteiger partial charge in [0.2, 0.25) is 5.91 Å². The zero-order chi connectivity index (χ0) is 38.9. The number of carboxylic acid groups (broad SMARTS) is 1. The third-order valence-corrected chi connectivity index (χ3v) is 10.7. The van der Waals surface area contributed by atoms with E-state index in [2.05, 4.69) is 10.2 Å². The number of likely N-dealkylation sites (tertiary alicyclic amines) is 2. The molecule has 0 radical (unpaired) electrons. The predicted molar refractivity (Wildman–Crippen MR) is 187 cm³/mol. The van der Waals surface area contributed by atoms with E-state index < -0.39 is 74.1 Å². The summed E-state index contributed by atoms with van der Waals surface area (Å²) in [6.45, 7) is -1.25. The molecule has 0 bridgehead atoms. The second kappa shape index (κ2) is 15.4. The lowest BCUT2D eigenvalue weighted by atomic mass is 9.76. The molecule has 0 unspecified atom stereocenters. The minimum Gasteiger partial charge on any atom is -0.480 e. The Labute approximate surface area is 306 Å². The number of benzene rings is 3. The van der Waals surface area contributed by atoms with Gasteiger partial charge in [-0.15, -0.1) is 0 Å². The van der Waals surface area contributed by atoms with Gasteiger partial charge in [0.25, 0.3) is 5.92 Å². The Morgan fingerprint density at radius 3 is 2.17 bits per heavy atom. The van der Waals surface area contributed by atoms with E-state index in [0.29, 0.717) is 41.7 Å². The van der Waals surface area contributed by atoms with Gasteiger partial charge < -0.3 is 15.3 Å². The number of carbonyl (C=O) groups excluding carboxylic acids is 1. The SMILES string of the molecule is O=C(O)[C@H](Cc1cccc2c(-c3nccc4ccc(CCCN5CCC(F)(F)CC5)cc34)cccc12)NC(=O)C1(C(F)(F)F)CCN(CC(F)(F)F)CC1. The molecule has 3 heterocycles. The first-order chi connectivity index (χ1) is 25.4. The van der Waals surface area contributed by atoms with Gasteiger partial charge in [0.05, 0.1) is 12.2 Å². The molecule has 0 aliphatic carbocycles. The molecule has 290 valence electrons. The second-order valence-corrected chi connectivity index (χ2v) is 14.4. The third-order valence-electron chi connectivity index (χ3n) is 10.7. The van der Waals surface area contributed by atoms with Crippen molar-refractivity contribution in [3.63, 3.8) is 0 Å². The number of carbonyl (C=O) groups is 2. The van der Waals surface area contributed by atoms with Gasteiger partial charge in [-0.2, -0.15) is 26.3 Å². The average Bonchev–Trinajstić information content (AvgIpc) is 3.10. The van der Waals surface area contributed by atoms with Gasteiger partial charge in [0.15, 0.2) is 0 Å². The van der Waals surface area contributed by atoms with E-state index in [9.17, 15) is 49.8 Å². The number of fused-ring (bicyclic) bond motifs is 2. The number of nitrogens with one attached hydrogen (secondary N) is 1. The summed E-state index contributed by atoms with van der Waals surface area (Å²) < 4.78 is 109. The fraction of sp³-hybridized carbons (Fsp3) is 0.462. The van der Waals surface area contributed by atoms with Crippen LogP contribution < -0.4 is 5.32 Å². The van der Waals surface area contributed by atoms with Crippen molar-refractivity contribution < 1.29 is 49.8 Å². The van der Waals surface area contributed by atoms with E-state index in [4.69, 9.17) is 4.98 Å². The number of hydrogen-bond donors (Lipinski definition) is 2. The number of amides is 1. The van der Waals surface area contributed by atoms with Gasteiger partial charge in [-0.1, -0.05) is 48.5 Å². The highest BCUT2D eigenvalue weighted by atomic mass is 19.4. The number of aromatic nitrogens is 1. The van der Waals surface area contributed by atoms with Crippen LogP contribution in [0.2, 0.25) is 0 Å². The fourth-order valence-electron chi connectivity index (χ4n) is 7.66. The molecule has 2 aliphatic rings. The molecule has 0 spiro atoms. The highest BCUT2D eigenvalue weighted by Gasteiger charge is 2.61. The summed E-state index contributed by atoms with van der Waals surface area (Å²) in [7, 11) is 0. The molecule has 4 aromatic rings. The summed E-state index contributed by atoms with van der Waals surface area (Å²) in [6, 6.07) is 16.7. The number of nitrogens with zero attached hydrogens (tertiary/aromatic N) is 3. The molecule has 1 amide bonds. The summed E-state index contributed by atoms with van der Waals surface area (Å²) in [5, 5.41) is 15.2. The maximum atomic E-state index is 14.4. The number of rotatable bonds is 11. The van der Waals surface area contributed by atoms with Gasteiger partial charge in [0, 0.05) is 49.5 Å². The van der Waals surface area contributed by atoms with Crippen molar-refractivity contribution in [1.82, 2.24) is 20.1 Å². The summed E-state index contributed by atoms with van der Waals surface area (Å²) in [4.78, 5) is 33.3. The first kappa shape index (κ1) is 39.3. The molecule has 7 nitrogen and oxygen atoms in total. The van der Waals surface area contributed by atoms with E-state index in [0.717, 1.165) is 39.6 Å². The molecular formula is C39H40F8N4O3. The largest absolute Gasteiger partial charge is 0.480 e. The van der Waals surface area contributed by atoms with Crippen LogP contribution in [0.5, 0.6) is 0 Å². The lowest BCUT2D eigenvalue weighted by molar-refractivity contribution is -0.236. The Kier molecular flexibility index (Phi) is 11.2. The molecule has 1 atom stereocenters. The lowest BCUT2D eigenvalue weighted by Gasteiger charge is -2.42. The lowest BCUT2D eigenvalue weighted by Crippen LogP contribution is -2.59. The maximum absolute atomic E-state index is 14.4. The number of aryl methyl sites for hydroxylation is 1. The van der Waals surface area contributed by atoms with Crippen LogP contribution in [0.3, 0.4) is 0 Å². The van der Waals surface area contributed by atoms with Crippen LogP contribution in [0, 0.1) is 5.41 Å². The Morgan fingerprint density at radius 1 is 0.833 bits per heavy atom. The fourth-order valence-corrected chi connectivity index (χ4v) is 7.66. The molecule has 2 aliphatic heterocycles. The third kappa shape index (κ3) is 8.78. The Balaban J connectivity index is 1.22. The number of carboxylic acids is 1. The monoisotopic (exact) mass is 764 g/mol. The standard InChI is InChI=1S/C39H40F8N4O3/c40-37(41)14-20-50(21-15-37)17-3-4-25-9-10-26-11-16-48-33(31(26)22-25)30-8-2-6-28-27(5-1-7-29(28)30)23-32(34(52)53)49-35(54)36(39(45,46)47)12-18-51(19-13-36)24-38(42,43)44/h1-2,5-11,16,22,32H,3-4,12-15,17-21,23-24H2,(H,49,54)(H,52,53)/t32-/m0/s1. The highest BCUT2D eigenvalue weighted by molar-refractivity contribution is 6.05. The van der Waals surface area contributed by atoms with Crippen LogP contribution in [0.4, 0.5) is 35.1 Å². The second-order valence-electron chi connectivity index (χ2n) is 14.4. The maximum Gasteiger partial charge on any atom is 0.403 e. The molecule has 0 saturated carbocycles. The van der Waals surface area contributed by atoms with Crippen molar-refractivity contribution in [1.29, 1.82) is 0 Å². The number of pyridine rings is 1. The van der Waals surface area contributed by atoms with Crippen LogP contribution in [-0.4, -0.2) is 95.4 Å². The molecule has 54 heavy (non-hydrogen) atoms. The van der Waals surface area contributed by atoms with Gasteiger partial charge in [-0.25, -0.2) is 13.6 Å². The smallest absolute Gasteiger partial charge is 0.403 e. The average molecular weight is 765 g/mol. The van der Waals surface area contributed by atoms with Crippen LogP contribution >= 0.6 is 0 Å². The quantitative estimate of drug-likeness (QED) is 0.151. The Bertz CT molecular complexity index is 1980. The first-order valence-corrected chi connectivity index (χ1v) is 17.8. The van der Waals surface area contributed by atoms with Crippen molar-refractivity contribution in [2.75, 3.05) is 39.3 Å². The molecule has 2 saturated heterocycles. The zero-order valence-corrected chi connectivity index (χ0v) is 29.2. The molecular weight excluding hydrogens is 724 g/mol. The molecule has 6 rings (SSSR count). The van der Waals surface area contributed by atoms with E-state index in [1.807, 2.05) is 36.4 Å². The van der Waals surface area contributed by atoms with Gasteiger partial charge in [0.1, 0.15) is 11.5 Å². The first-order valence-electron chi connectivity index (χ1n) is 17.8. The van der Waals surface area contributed by atoms with E-state index in [-0.39, 0.29) is 19.3 Å². The van der Waals surface area contributed by atoms with Crippen LogP contribution in [-0.2, 0) is 22.4 Å². The summed E-state index contributed by atoms with van der Waals surface area (Å²) in [5.41, 5.74) is -0.174. The minimum atomic E-state index is -5.13. The van der Waals surface area contributed by atoms with Crippen molar-refractivity contribution in [3.8, 4) is 11.3 Å². The number of aliphatic carboxylic acids is 1. The van der Waals surface area contributed by atoms with Crippen LogP contribution in [0.25, 0.3) is 32.8 Å². The van der Waals surface area contributed by atoms with Gasteiger partial charge >= 0.3 is 18.3 Å². The number of hydrogen-bond acceptors (Lipinski definition) is 5. The Hall–Kier alpha value is -4.37. The number of piperidine rings is 2. The zero-order valence-electron chi connectivity index (χ0n) is 29.2.